The molecule has 0 N–H and O–H groups in total. The molecule has 0 radical (unpaired) electrons. The largest absolute Gasteiger partial charge is 0.419 e. The van der Waals surface area contributed by atoms with E-state index in [4.69, 9.17) is 23.2 Å². The van der Waals surface area contributed by atoms with Crippen molar-refractivity contribution in [3.63, 3.8) is 0 Å². The number of thioether (sulfide) groups is 1. The van der Waals surface area contributed by atoms with Gasteiger partial charge in [0, 0.05) is 0 Å². The average molecular weight is 373 g/mol. The first kappa shape index (κ1) is 17.4. The summed E-state index contributed by atoms with van der Waals surface area (Å²) in [5.41, 5.74) is -0.335. The Balaban J connectivity index is 2.76. The predicted molar refractivity (Wildman–Crippen MR) is 79.8 cm³/mol. The van der Waals surface area contributed by atoms with Crippen molar-refractivity contribution in [2.45, 2.75) is 24.9 Å². The third kappa shape index (κ3) is 2.81. The lowest BCUT2D eigenvalue weighted by Gasteiger charge is -2.15. The van der Waals surface area contributed by atoms with Crippen molar-refractivity contribution in [1.82, 2.24) is 9.78 Å². The molecular weight excluding hydrogens is 363 g/mol. The van der Waals surface area contributed by atoms with Gasteiger partial charge in [0.25, 0.3) is 0 Å². The topological polar surface area (TPSA) is 17.8 Å². The van der Waals surface area contributed by atoms with Gasteiger partial charge in [0.2, 0.25) is 0 Å². The van der Waals surface area contributed by atoms with Gasteiger partial charge < -0.3 is 0 Å². The van der Waals surface area contributed by atoms with Gasteiger partial charge in [0.05, 0.1) is 26.9 Å². The molecule has 9 heteroatoms. The number of halogens is 6. The number of aryl methyl sites for hydroxylation is 1. The monoisotopic (exact) mass is 372 g/mol. The summed E-state index contributed by atoms with van der Waals surface area (Å²) in [6.07, 6.45) is -3.05. The molecule has 0 saturated carbocycles. The molecule has 2 nitrogen and oxygen atoms in total. The molecule has 0 aliphatic heterocycles. The summed E-state index contributed by atoms with van der Waals surface area (Å²) < 4.78 is 53.5. The van der Waals surface area contributed by atoms with E-state index in [1.54, 1.807) is 13.8 Å². The van der Waals surface area contributed by atoms with Crippen LogP contribution in [0.2, 0.25) is 10.0 Å². The van der Waals surface area contributed by atoms with Gasteiger partial charge in [-0.15, -0.1) is 11.8 Å². The van der Waals surface area contributed by atoms with Gasteiger partial charge in [-0.05, 0) is 26.2 Å². The van der Waals surface area contributed by atoms with Gasteiger partial charge >= 0.3 is 6.18 Å². The molecule has 0 amide bonds. The first-order valence-corrected chi connectivity index (χ1v) is 7.93. The van der Waals surface area contributed by atoms with Crippen LogP contribution in [0.1, 0.15) is 17.0 Å². The minimum atomic E-state index is -4.88. The van der Waals surface area contributed by atoms with Crippen LogP contribution in [0.4, 0.5) is 17.6 Å². The molecule has 0 atom stereocenters. The van der Waals surface area contributed by atoms with Crippen molar-refractivity contribution in [2.24, 2.45) is 0 Å². The molecule has 1 aromatic carbocycles. The fraction of sp³-hybridized carbons (Fsp3) is 0.308. The van der Waals surface area contributed by atoms with Gasteiger partial charge in [0.1, 0.15) is 10.7 Å². The maximum atomic E-state index is 14.0. The van der Waals surface area contributed by atoms with Crippen LogP contribution in [-0.2, 0) is 6.18 Å². The second-order valence-corrected chi connectivity index (χ2v) is 6.10. The second-order valence-electron chi connectivity index (χ2n) is 4.50. The van der Waals surface area contributed by atoms with Crippen molar-refractivity contribution in [2.75, 3.05) is 6.26 Å². The molecule has 0 unspecified atom stereocenters. The molecular formula is C13H10Cl2F4N2S. The zero-order valence-corrected chi connectivity index (χ0v) is 14.0. The number of hydrogen-bond acceptors (Lipinski definition) is 2. The Morgan fingerprint density at radius 3 is 2.27 bits per heavy atom. The van der Waals surface area contributed by atoms with E-state index in [2.05, 4.69) is 5.10 Å². The van der Waals surface area contributed by atoms with E-state index in [9.17, 15) is 17.6 Å². The lowest BCUT2D eigenvalue weighted by Crippen LogP contribution is -2.11. The number of nitrogens with zero attached hydrogens (tertiary/aromatic N) is 2. The van der Waals surface area contributed by atoms with E-state index in [1.807, 2.05) is 6.26 Å². The summed E-state index contributed by atoms with van der Waals surface area (Å²) in [4.78, 5) is 0.826. The average Bonchev–Trinajstić information content (AvgIpc) is 2.68. The standard InChI is InChI=1S/C13H10Cl2F4N2S/c1-5-12(22-3)6(2)21(20-5)11-8(14)4-7(13(17,18)19)10(16)9(11)15/h4H,1-3H3. The minimum absolute atomic E-state index is 0.102. The number of benzene rings is 1. The van der Waals surface area contributed by atoms with Crippen LogP contribution in [0.3, 0.4) is 0 Å². The van der Waals surface area contributed by atoms with Gasteiger partial charge in [-0.1, -0.05) is 23.2 Å². The van der Waals surface area contributed by atoms with Crippen LogP contribution >= 0.6 is 35.0 Å². The van der Waals surface area contributed by atoms with Crippen molar-refractivity contribution >= 4 is 35.0 Å². The van der Waals surface area contributed by atoms with E-state index >= 15 is 0 Å². The molecule has 0 fully saturated rings. The minimum Gasteiger partial charge on any atom is -0.234 e. The fourth-order valence-corrected chi connectivity index (χ4v) is 3.46. The Morgan fingerprint density at radius 2 is 1.82 bits per heavy atom. The lowest BCUT2D eigenvalue weighted by molar-refractivity contribution is -0.139. The van der Waals surface area contributed by atoms with E-state index in [1.165, 1.54) is 16.4 Å². The van der Waals surface area contributed by atoms with E-state index in [0.29, 0.717) is 17.5 Å². The maximum Gasteiger partial charge on any atom is 0.419 e. The van der Waals surface area contributed by atoms with Gasteiger partial charge in [-0.3, -0.25) is 0 Å². The molecule has 2 aromatic rings. The predicted octanol–water partition coefficient (Wildman–Crippen LogP) is 5.68. The molecule has 0 spiro atoms. The van der Waals surface area contributed by atoms with Gasteiger partial charge in [-0.25, -0.2) is 9.07 Å². The molecule has 0 aliphatic rings. The molecule has 0 aliphatic carbocycles. The van der Waals surface area contributed by atoms with Crippen molar-refractivity contribution in [3.8, 4) is 5.69 Å². The highest BCUT2D eigenvalue weighted by molar-refractivity contribution is 7.98. The zero-order valence-electron chi connectivity index (χ0n) is 11.6. The van der Waals surface area contributed by atoms with Gasteiger partial charge in [0.15, 0.2) is 5.82 Å². The SMILES string of the molecule is CSc1c(C)nn(-c2c(Cl)cc(C(F)(F)F)c(F)c2Cl)c1C. The van der Waals surface area contributed by atoms with Crippen LogP contribution < -0.4 is 0 Å². The second kappa shape index (κ2) is 5.94. The third-order valence-electron chi connectivity index (χ3n) is 3.08. The highest BCUT2D eigenvalue weighted by Gasteiger charge is 2.37. The summed E-state index contributed by atoms with van der Waals surface area (Å²) in [6.45, 7) is 3.44. The summed E-state index contributed by atoms with van der Waals surface area (Å²) in [5, 5.41) is 3.15. The molecule has 0 bridgehead atoms. The van der Waals surface area contributed by atoms with E-state index < -0.39 is 22.6 Å². The molecule has 22 heavy (non-hydrogen) atoms. The number of rotatable bonds is 2. The normalized spacial score (nSPS) is 12.0. The quantitative estimate of drug-likeness (QED) is 0.383. The van der Waals surface area contributed by atoms with Crippen molar-refractivity contribution in [3.05, 3.63) is 38.9 Å². The smallest absolute Gasteiger partial charge is 0.234 e. The molecule has 1 heterocycles. The Bertz CT molecular complexity index is 741. The maximum absolute atomic E-state index is 14.0. The van der Waals surface area contributed by atoms with Crippen molar-refractivity contribution in [1.29, 1.82) is 0 Å². The molecule has 120 valence electrons. The summed E-state index contributed by atoms with van der Waals surface area (Å²) in [5.74, 6) is -1.56. The highest BCUT2D eigenvalue weighted by atomic mass is 35.5. The number of hydrogen-bond donors (Lipinski definition) is 0. The lowest BCUT2D eigenvalue weighted by atomic mass is 10.1. The Hall–Kier alpha value is -0.920. The Morgan fingerprint density at radius 1 is 1.23 bits per heavy atom. The molecule has 0 saturated heterocycles. The first-order chi connectivity index (χ1) is 10.1. The van der Waals surface area contributed by atoms with Crippen LogP contribution in [-0.4, -0.2) is 16.0 Å². The van der Waals surface area contributed by atoms with Crippen LogP contribution in [0, 0.1) is 19.7 Å². The number of alkyl halides is 3. The summed E-state index contributed by atoms with van der Waals surface area (Å²) >= 11 is 13.1. The Kier molecular flexibility index (Phi) is 4.71. The van der Waals surface area contributed by atoms with Gasteiger partial charge in [-0.2, -0.15) is 18.3 Å². The van der Waals surface area contributed by atoms with Crippen LogP contribution in [0.5, 0.6) is 0 Å². The first-order valence-electron chi connectivity index (χ1n) is 5.94. The van der Waals surface area contributed by atoms with Crippen molar-refractivity contribution < 1.29 is 17.6 Å². The fourth-order valence-electron chi connectivity index (χ4n) is 2.13. The Labute approximate surface area is 138 Å². The number of aromatic nitrogens is 2. The molecule has 1 aromatic heterocycles. The zero-order chi connectivity index (χ0) is 16.8. The third-order valence-corrected chi connectivity index (χ3v) is 4.71. The molecule has 2 rings (SSSR count). The van der Waals surface area contributed by atoms with E-state index in [0.717, 1.165) is 4.90 Å². The summed E-state index contributed by atoms with van der Waals surface area (Å²) in [7, 11) is 0. The van der Waals surface area contributed by atoms with E-state index in [-0.39, 0.29) is 10.7 Å². The highest BCUT2D eigenvalue weighted by Crippen LogP contribution is 2.41. The van der Waals surface area contributed by atoms with Crippen LogP contribution in [0.25, 0.3) is 5.69 Å². The van der Waals surface area contributed by atoms with Crippen LogP contribution in [0.15, 0.2) is 11.0 Å². The summed E-state index contributed by atoms with van der Waals surface area (Å²) in [6, 6.07) is 0.521.